The van der Waals surface area contributed by atoms with Gasteiger partial charge in [-0.3, -0.25) is 4.79 Å². The molecule has 0 radical (unpaired) electrons. The first-order valence-electron chi connectivity index (χ1n) is 5.76. The van der Waals surface area contributed by atoms with Gasteiger partial charge in [0.1, 0.15) is 6.10 Å². The van der Waals surface area contributed by atoms with E-state index in [9.17, 15) is 4.79 Å². The van der Waals surface area contributed by atoms with Crippen LogP contribution in [0.3, 0.4) is 0 Å². The first-order valence-corrected chi connectivity index (χ1v) is 6.29. The third-order valence-corrected chi connectivity index (χ3v) is 2.82. The van der Waals surface area contributed by atoms with Crippen molar-refractivity contribution < 1.29 is 9.53 Å². The lowest BCUT2D eigenvalue weighted by molar-refractivity contribution is -0.140. The minimum Gasteiger partial charge on any atom is -0.368 e. The molecule has 15 heavy (non-hydrogen) atoms. The maximum Gasteiger partial charge on any atom is 0.251 e. The summed E-state index contributed by atoms with van der Waals surface area (Å²) in [4.78, 5) is 13.8. The smallest absolute Gasteiger partial charge is 0.251 e. The normalized spacial score (nSPS) is 20.5. The summed E-state index contributed by atoms with van der Waals surface area (Å²) in [5.41, 5.74) is 0. The molecule has 3 nitrogen and oxygen atoms in total. The van der Waals surface area contributed by atoms with Crippen LogP contribution in [0.15, 0.2) is 0 Å². The van der Waals surface area contributed by atoms with Gasteiger partial charge in [0.25, 0.3) is 5.91 Å². The van der Waals surface area contributed by atoms with Crippen LogP contribution in [0.5, 0.6) is 0 Å². The molecule has 1 amide bonds. The Kier molecular flexibility index (Phi) is 6.03. The lowest BCUT2D eigenvalue weighted by Gasteiger charge is -2.24. The van der Waals surface area contributed by atoms with Gasteiger partial charge in [0.05, 0.1) is 0 Å². The van der Waals surface area contributed by atoms with Crippen molar-refractivity contribution in [2.75, 3.05) is 25.6 Å². The summed E-state index contributed by atoms with van der Waals surface area (Å²) < 4.78 is 5.39. The maximum absolute atomic E-state index is 12.0. The van der Waals surface area contributed by atoms with E-state index >= 15 is 0 Å². The van der Waals surface area contributed by atoms with E-state index in [0.717, 1.165) is 38.8 Å². The Morgan fingerprint density at radius 1 is 1.53 bits per heavy atom. The summed E-state index contributed by atoms with van der Waals surface area (Å²) in [6.45, 7) is 4.29. The minimum atomic E-state index is -0.204. The fraction of sp³-hybridized carbons (Fsp3) is 0.909. The fourth-order valence-electron chi connectivity index (χ4n) is 1.76. The first-order chi connectivity index (χ1) is 7.29. The van der Waals surface area contributed by atoms with Gasteiger partial charge in [-0.15, -0.1) is 11.6 Å². The Bertz CT molecular complexity index is 193. The van der Waals surface area contributed by atoms with Crippen LogP contribution in [0.4, 0.5) is 0 Å². The number of halogens is 1. The maximum atomic E-state index is 12.0. The van der Waals surface area contributed by atoms with Crippen LogP contribution < -0.4 is 0 Å². The molecule has 4 heteroatoms. The van der Waals surface area contributed by atoms with Crippen LogP contribution >= 0.6 is 11.6 Å². The highest BCUT2D eigenvalue weighted by Gasteiger charge is 2.27. The van der Waals surface area contributed by atoms with Gasteiger partial charge < -0.3 is 9.64 Å². The van der Waals surface area contributed by atoms with E-state index < -0.39 is 0 Å². The Hall–Kier alpha value is -0.280. The zero-order chi connectivity index (χ0) is 11.1. The minimum absolute atomic E-state index is 0.126. The number of alkyl halides is 1. The molecule has 1 rings (SSSR count). The lowest BCUT2D eigenvalue weighted by Crippen LogP contribution is -2.40. The molecule has 0 aliphatic carbocycles. The first kappa shape index (κ1) is 12.8. The average Bonchev–Trinajstić information content (AvgIpc) is 2.76. The molecule has 0 saturated carbocycles. The molecule has 1 fully saturated rings. The number of amides is 1. The highest BCUT2D eigenvalue weighted by molar-refractivity contribution is 6.18. The quantitative estimate of drug-likeness (QED) is 0.657. The predicted octanol–water partition coefficient (Wildman–Crippen LogP) is 2.03. The zero-order valence-corrected chi connectivity index (χ0v) is 10.1. The molecule has 0 spiro atoms. The largest absolute Gasteiger partial charge is 0.368 e. The Morgan fingerprint density at radius 2 is 2.33 bits per heavy atom. The van der Waals surface area contributed by atoms with E-state index in [0.29, 0.717) is 12.4 Å². The highest BCUT2D eigenvalue weighted by Crippen LogP contribution is 2.15. The zero-order valence-electron chi connectivity index (χ0n) is 9.38. The van der Waals surface area contributed by atoms with Gasteiger partial charge in [0.15, 0.2) is 0 Å². The van der Waals surface area contributed by atoms with Crippen LogP contribution in [0.1, 0.15) is 32.6 Å². The van der Waals surface area contributed by atoms with E-state index in [4.69, 9.17) is 16.3 Å². The molecule has 1 heterocycles. The molecule has 1 atom stereocenters. The molecule has 0 bridgehead atoms. The Labute approximate surface area is 96.7 Å². The second-order valence-electron chi connectivity index (χ2n) is 3.87. The summed E-state index contributed by atoms with van der Waals surface area (Å²) in [6, 6.07) is 0. The molecule has 1 unspecified atom stereocenters. The fourth-order valence-corrected chi connectivity index (χ4v) is 1.96. The second-order valence-corrected chi connectivity index (χ2v) is 4.25. The molecule has 0 aromatic rings. The van der Waals surface area contributed by atoms with Crippen molar-refractivity contribution in [2.45, 2.75) is 38.7 Å². The van der Waals surface area contributed by atoms with Crippen LogP contribution in [0.25, 0.3) is 0 Å². The van der Waals surface area contributed by atoms with Crippen LogP contribution in [-0.2, 0) is 9.53 Å². The van der Waals surface area contributed by atoms with Crippen LogP contribution in [0.2, 0.25) is 0 Å². The molecule has 1 saturated heterocycles. The molecule has 0 aromatic heterocycles. The lowest BCUT2D eigenvalue weighted by atomic mass is 10.2. The van der Waals surface area contributed by atoms with Crippen LogP contribution in [-0.4, -0.2) is 42.5 Å². The SMILES string of the molecule is CCCCN(CCCl)C(=O)C1CCCO1. The Morgan fingerprint density at radius 3 is 2.87 bits per heavy atom. The van der Waals surface area contributed by atoms with Gasteiger partial charge in [0.2, 0.25) is 0 Å². The van der Waals surface area contributed by atoms with Crippen molar-refractivity contribution in [2.24, 2.45) is 0 Å². The van der Waals surface area contributed by atoms with Gasteiger partial charge in [-0.2, -0.15) is 0 Å². The van der Waals surface area contributed by atoms with E-state index in [1.807, 2.05) is 4.90 Å². The highest BCUT2D eigenvalue weighted by atomic mass is 35.5. The summed E-state index contributed by atoms with van der Waals surface area (Å²) in [6.07, 6.45) is 3.79. The number of carbonyl (C=O) groups excluding carboxylic acids is 1. The third-order valence-electron chi connectivity index (χ3n) is 2.65. The number of hydrogen-bond acceptors (Lipinski definition) is 2. The van der Waals surface area contributed by atoms with Crippen molar-refractivity contribution in [3.63, 3.8) is 0 Å². The van der Waals surface area contributed by atoms with E-state index in [2.05, 4.69) is 6.92 Å². The van der Waals surface area contributed by atoms with Gasteiger partial charge in [-0.1, -0.05) is 13.3 Å². The van der Waals surface area contributed by atoms with Gasteiger partial charge in [-0.25, -0.2) is 0 Å². The van der Waals surface area contributed by atoms with Crippen LogP contribution in [0, 0.1) is 0 Å². The monoisotopic (exact) mass is 233 g/mol. The van der Waals surface area contributed by atoms with Crippen molar-refractivity contribution in [1.82, 2.24) is 4.90 Å². The van der Waals surface area contributed by atoms with Crippen molar-refractivity contribution in [3.05, 3.63) is 0 Å². The van der Waals surface area contributed by atoms with E-state index in [1.54, 1.807) is 0 Å². The summed E-state index contributed by atoms with van der Waals surface area (Å²) in [5, 5.41) is 0. The van der Waals surface area contributed by atoms with Gasteiger partial charge >= 0.3 is 0 Å². The molecular formula is C11H20ClNO2. The van der Waals surface area contributed by atoms with E-state index in [-0.39, 0.29) is 12.0 Å². The third kappa shape index (κ3) is 3.99. The predicted molar refractivity (Wildman–Crippen MR) is 61.2 cm³/mol. The summed E-state index contributed by atoms with van der Waals surface area (Å²) in [7, 11) is 0. The average molecular weight is 234 g/mol. The topological polar surface area (TPSA) is 29.5 Å². The molecule has 0 N–H and O–H groups in total. The molecule has 1 aliphatic heterocycles. The molecule has 1 aliphatic rings. The molecule has 0 aromatic carbocycles. The molecular weight excluding hydrogens is 214 g/mol. The number of ether oxygens (including phenoxy) is 1. The molecule has 88 valence electrons. The summed E-state index contributed by atoms with van der Waals surface area (Å²) in [5.74, 6) is 0.629. The number of unbranched alkanes of at least 4 members (excludes halogenated alkanes) is 1. The standard InChI is InChI=1S/C11H20ClNO2/c1-2-3-7-13(8-6-12)11(14)10-5-4-9-15-10/h10H,2-9H2,1H3. The number of rotatable bonds is 6. The number of carbonyl (C=O) groups is 1. The summed E-state index contributed by atoms with van der Waals surface area (Å²) >= 11 is 5.69. The van der Waals surface area contributed by atoms with Gasteiger partial charge in [-0.05, 0) is 19.3 Å². The van der Waals surface area contributed by atoms with Crippen molar-refractivity contribution >= 4 is 17.5 Å². The Balaban J connectivity index is 2.41. The second kappa shape index (κ2) is 7.07. The van der Waals surface area contributed by atoms with Gasteiger partial charge in [0, 0.05) is 25.6 Å². The number of hydrogen-bond donors (Lipinski definition) is 0. The number of nitrogens with zero attached hydrogens (tertiary/aromatic N) is 1. The van der Waals surface area contributed by atoms with Crippen molar-refractivity contribution in [1.29, 1.82) is 0 Å². The van der Waals surface area contributed by atoms with E-state index in [1.165, 1.54) is 0 Å². The van der Waals surface area contributed by atoms with Crippen molar-refractivity contribution in [3.8, 4) is 0 Å².